The van der Waals surface area contributed by atoms with Crippen LogP contribution in [0.1, 0.15) is 42.2 Å². The van der Waals surface area contributed by atoms with Gasteiger partial charge in [0.15, 0.2) is 5.11 Å². The van der Waals surface area contributed by atoms with Gasteiger partial charge in [-0.25, -0.2) is 4.79 Å². The number of nitrogens with zero attached hydrogens (tertiary/aromatic N) is 1. The number of rotatable bonds is 6. The van der Waals surface area contributed by atoms with E-state index in [1.165, 1.54) is 13.2 Å². The summed E-state index contributed by atoms with van der Waals surface area (Å²) in [6, 6.07) is 11.4. The molecule has 0 aliphatic carbocycles. The van der Waals surface area contributed by atoms with Gasteiger partial charge in [0, 0.05) is 23.0 Å². The molecule has 1 atom stereocenters. The number of benzene rings is 2. The summed E-state index contributed by atoms with van der Waals surface area (Å²) in [5.41, 5.74) is 3.08. The van der Waals surface area contributed by atoms with Crippen LogP contribution in [0.25, 0.3) is 0 Å². The Balaban J connectivity index is 1.89. The van der Waals surface area contributed by atoms with Gasteiger partial charge in [-0.15, -0.1) is 0 Å². The number of methoxy groups -OCH3 is 1. The molecule has 0 saturated carbocycles. The Morgan fingerprint density at radius 1 is 1.16 bits per heavy atom. The van der Waals surface area contributed by atoms with Gasteiger partial charge in [0.05, 0.1) is 29.3 Å². The highest BCUT2D eigenvalue weighted by molar-refractivity contribution is 7.80. The van der Waals surface area contributed by atoms with Crippen molar-refractivity contribution in [3.05, 3.63) is 74.9 Å². The molecule has 1 aliphatic heterocycles. The first kappa shape index (κ1) is 24.0. The standard InChI is InChI=1S/C23H23Cl2N3O3S/c1-4-18-19(22(30)31-3)20(27-23(32)28(18)5-2)13-6-9-15(10-7-13)26-21(29)16-11-8-14(24)12-17(16)25/h6-12,20H,4-5H2,1-3H3,(H,26,29)(H,27,32)/t20-/m1/s1. The minimum absolute atomic E-state index is 0.270. The van der Waals surface area contributed by atoms with Crippen molar-refractivity contribution in [2.45, 2.75) is 26.3 Å². The summed E-state index contributed by atoms with van der Waals surface area (Å²) >= 11 is 17.5. The van der Waals surface area contributed by atoms with Gasteiger partial charge < -0.3 is 20.3 Å². The third kappa shape index (κ3) is 4.90. The van der Waals surface area contributed by atoms with Crippen LogP contribution in [0.3, 0.4) is 0 Å². The largest absolute Gasteiger partial charge is 0.466 e. The predicted octanol–water partition coefficient (Wildman–Crippen LogP) is 5.33. The van der Waals surface area contributed by atoms with Crippen LogP contribution >= 0.6 is 35.4 Å². The van der Waals surface area contributed by atoms with Crippen LogP contribution in [0.4, 0.5) is 5.69 Å². The summed E-state index contributed by atoms with van der Waals surface area (Å²) < 4.78 is 5.06. The number of ether oxygens (including phenoxy) is 1. The van der Waals surface area contributed by atoms with Crippen LogP contribution in [0, 0.1) is 0 Å². The highest BCUT2D eigenvalue weighted by Gasteiger charge is 2.35. The SMILES string of the molecule is CCC1=C(C(=O)OC)[C@@H](c2ccc(NC(=O)c3ccc(Cl)cc3Cl)cc2)NC(=S)N1CC. The van der Waals surface area contributed by atoms with Gasteiger partial charge in [0.1, 0.15) is 0 Å². The number of allylic oxidation sites excluding steroid dienone is 1. The van der Waals surface area contributed by atoms with Gasteiger partial charge in [0.2, 0.25) is 0 Å². The molecule has 0 unspecified atom stereocenters. The Kier molecular flexibility index (Phi) is 7.77. The number of hydrogen-bond donors (Lipinski definition) is 2. The number of esters is 1. The average molecular weight is 492 g/mol. The second-order valence-corrected chi connectivity index (χ2v) is 8.26. The third-order valence-electron chi connectivity index (χ3n) is 5.17. The topological polar surface area (TPSA) is 70.7 Å². The molecule has 168 valence electrons. The van der Waals surface area contributed by atoms with Crippen molar-refractivity contribution in [2.75, 3.05) is 19.0 Å². The summed E-state index contributed by atoms with van der Waals surface area (Å²) in [5, 5.41) is 7.34. The second kappa shape index (κ2) is 10.3. The van der Waals surface area contributed by atoms with Crippen molar-refractivity contribution >= 4 is 58.1 Å². The van der Waals surface area contributed by atoms with Crippen molar-refractivity contribution in [1.29, 1.82) is 0 Å². The Morgan fingerprint density at radius 3 is 2.41 bits per heavy atom. The lowest BCUT2D eigenvalue weighted by atomic mass is 9.93. The smallest absolute Gasteiger partial charge is 0.337 e. The molecule has 1 amide bonds. The highest BCUT2D eigenvalue weighted by Crippen LogP contribution is 2.33. The Morgan fingerprint density at radius 2 is 1.84 bits per heavy atom. The highest BCUT2D eigenvalue weighted by atomic mass is 35.5. The van der Waals surface area contributed by atoms with Crippen LogP contribution in [0.2, 0.25) is 10.0 Å². The molecule has 2 N–H and O–H groups in total. The molecule has 0 fully saturated rings. The zero-order chi connectivity index (χ0) is 23.4. The molecule has 0 saturated heterocycles. The molecule has 1 aliphatic rings. The zero-order valence-electron chi connectivity index (χ0n) is 17.9. The minimum atomic E-state index is -0.455. The number of amides is 1. The van der Waals surface area contributed by atoms with Crippen LogP contribution in [-0.2, 0) is 9.53 Å². The third-order valence-corrected chi connectivity index (χ3v) is 6.06. The number of hydrogen-bond acceptors (Lipinski definition) is 4. The number of anilines is 1. The molecule has 3 rings (SSSR count). The fourth-order valence-electron chi connectivity index (χ4n) is 3.65. The Labute approximate surface area is 202 Å². The van der Waals surface area contributed by atoms with E-state index >= 15 is 0 Å². The number of thiocarbonyl (C=S) groups is 1. The average Bonchev–Trinajstić information content (AvgIpc) is 2.78. The predicted molar refractivity (Wildman–Crippen MR) is 131 cm³/mol. The van der Waals surface area contributed by atoms with E-state index in [2.05, 4.69) is 10.6 Å². The molecule has 2 aromatic rings. The maximum absolute atomic E-state index is 12.6. The van der Waals surface area contributed by atoms with Crippen LogP contribution < -0.4 is 10.6 Å². The number of nitrogens with one attached hydrogen (secondary N) is 2. The first-order chi connectivity index (χ1) is 15.3. The van der Waals surface area contributed by atoms with E-state index in [4.69, 9.17) is 40.2 Å². The number of carbonyl (C=O) groups is 2. The van der Waals surface area contributed by atoms with Gasteiger partial charge in [-0.2, -0.15) is 0 Å². The minimum Gasteiger partial charge on any atom is -0.466 e. The first-order valence-corrected chi connectivity index (χ1v) is 11.2. The molecular weight excluding hydrogens is 469 g/mol. The van der Waals surface area contributed by atoms with E-state index in [9.17, 15) is 9.59 Å². The van der Waals surface area contributed by atoms with E-state index in [1.807, 2.05) is 30.9 Å². The van der Waals surface area contributed by atoms with Crippen molar-refractivity contribution in [3.8, 4) is 0 Å². The maximum Gasteiger partial charge on any atom is 0.337 e. The monoisotopic (exact) mass is 491 g/mol. The van der Waals surface area contributed by atoms with Crippen LogP contribution in [-0.4, -0.2) is 35.5 Å². The maximum atomic E-state index is 12.6. The summed E-state index contributed by atoms with van der Waals surface area (Å²) in [6.45, 7) is 4.59. The van der Waals surface area contributed by atoms with E-state index < -0.39 is 12.0 Å². The molecule has 2 aromatic carbocycles. The molecule has 0 bridgehead atoms. The molecule has 1 heterocycles. The lowest BCUT2D eigenvalue weighted by Gasteiger charge is -2.38. The van der Waals surface area contributed by atoms with Crippen molar-refractivity contribution in [3.63, 3.8) is 0 Å². The van der Waals surface area contributed by atoms with E-state index in [-0.39, 0.29) is 10.9 Å². The molecular formula is C23H23Cl2N3O3S. The molecule has 0 aromatic heterocycles. The van der Waals surface area contributed by atoms with Gasteiger partial charge in [-0.3, -0.25) is 4.79 Å². The lowest BCUT2D eigenvalue weighted by molar-refractivity contribution is -0.136. The first-order valence-electron chi connectivity index (χ1n) is 10.1. The van der Waals surface area contributed by atoms with Gasteiger partial charge in [-0.05, 0) is 61.5 Å². The number of halogens is 2. The molecule has 0 spiro atoms. The Bertz CT molecular complexity index is 1090. The van der Waals surface area contributed by atoms with Crippen molar-refractivity contribution in [2.24, 2.45) is 0 Å². The quantitative estimate of drug-likeness (QED) is 0.420. The van der Waals surface area contributed by atoms with Crippen molar-refractivity contribution in [1.82, 2.24) is 10.2 Å². The molecule has 0 radical (unpaired) electrons. The zero-order valence-corrected chi connectivity index (χ0v) is 20.2. The van der Waals surface area contributed by atoms with Gasteiger partial charge in [-0.1, -0.05) is 42.3 Å². The summed E-state index contributed by atoms with van der Waals surface area (Å²) in [4.78, 5) is 27.1. The molecule has 32 heavy (non-hydrogen) atoms. The normalized spacial score (nSPS) is 16.0. The summed E-state index contributed by atoms with van der Waals surface area (Å²) in [6.07, 6.45) is 0.632. The van der Waals surface area contributed by atoms with Crippen LogP contribution in [0.15, 0.2) is 53.7 Å². The summed E-state index contributed by atoms with van der Waals surface area (Å²) in [5.74, 6) is -0.756. The van der Waals surface area contributed by atoms with E-state index in [0.29, 0.717) is 39.9 Å². The van der Waals surface area contributed by atoms with E-state index in [0.717, 1.165) is 11.3 Å². The fourth-order valence-corrected chi connectivity index (χ4v) is 4.50. The fraction of sp³-hybridized carbons (Fsp3) is 0.261. The lowest BCUT2D eigenvalue weighted by Crippen LogP contribution is -2.48. The second-order valence-electron chi connectivity index (χ2n) is 7.03. The van der Waals surface area contributed by atoms with Crippen LogP contribution in [0.5, 0.6) is 0 Å². The Hall–Kier alpha value is -2.61. The van der Waals surface area contributed by atoms with Crippen molar-refractivity contribution < 1.29 is 14.3 Å². The summed E-state index contributed by atoms with van der Waals surface area (Å²) in [7, 11) is 1.36. The molecule has 9 heteroatoms. The number of carbonyl (C=O) groups excluding carboxylic acids is 2. The molecule has 6 nitrogen and oxygen atoms in total. The van der Waals surface area contributed by atoms with Gasteiger partial charge >= 0.3 is 5.97 Å². The van der Waals surface area contributed by atoms with E-state index in [1.54, 1.807) is 24.3 Å². The van der Waals surface area contributed by atoms with Gasteiger partial charge in [0.25, 0.3) is 5.91 Å².